The molecule has 4 aromatic rings. The minimum Gasteiger partial charge on any atom is -0.309 e. The van der Waals surface area contributed by atoms with Gasteiger partial charge in [-0.15, -0.1) is 0 Å². The third-order valence-electron chi connectivity index (χ3n) is 3.70. The molecule has 0 spiro atoms. The molecule has 0 saturated carbocycles. The molecule has 21 heavy (non-hydrogen) atoms. The Hall–Kier alpha value is -1.08. The molecule has 1 nitrogen and oxygen atoms in total. The van der Waals surface area contributed by atoms with Crippen LogP contribution in [0, 0.1) is 7.14 Å². The fourth-order valence-electron chi connectivity index (χ4n) is 2.82. The second-order valence-corrected chi connectivity index (χ2v) is 7.49. The topological polar surface area (TPSA) is 4.93 Å². The molecule has 0 saturated heterocycles. The zero-order valence-corrected chi connectivity index (χ0v) is 15.4. The summed E-state index contributed by atoms with van der Waals surface area (Å²) in [5, 5.41) is 2.64. The fraction of sp³-hybridized carbons (Fsp3) is 0. The first kappa shape index (κ1) is 13.6. The number of hydrogen-bond acceptors (Lipinski definition) is 0. The Labute approximate surface area is 150 Å². The highest BCUT2D eigenvalue weighted by atomic mass is 127. The van der Waals surface area contributed by atoms with Gasteiger partial charge < -0.3 is 4.57 Å². The van der Waals surface area contributed by atoms with Crippen molar-refractivity contribution in [2.75, 3.05) is 0 Å². The molecule has 0 aliphatic rings. The van der Waals surface area contributed by atoms with Gasteiger partial charge in [0, 0.05) is 23.6 Å². The van der Waals surface area contributed by atoms with Gasteiger partial charge in [-0.25, -0.2) is 0 Å². The van der Waals surface area contributed by atoms with Gasteiger partial charge in [0.2, 0.25) is 0 Å². The Balaban J connectivity index is 2.22. The number of benzene rings is 3. The Morgan fingerprint density at radius 3 is 1.67 bits per heavy atom. The maximum absolute atomic E-state index is 2.38. The molecule has 102 valence electrons. The van der Waals surface area contributed by atoms with Gasteiger partial charge in [0.25, 0.3) is 0 Å². The highest BCUT2D eigenvalue weighted by molar-refractivity contribution is 14.1. The van der Waals surface area contributed by atoms with E-state index in [0.717, 1.165) is 0 Å². The average molecular weight is 495 g/mol. The maximum Gasteiger partial charge on any atom is 0.0541 e. The number of rotatable bonds is 1. The molecule has 0 radical (unpaired) electrons. The van der Waals surface area contributed by atoms with Crippen LogP contribution in [0.1, 0.15) is 0 Å². The van der Waals surface area contributed by atoms with Gasteiger partial charge in [-0.05, 0) is 93.7 Å². The van der Waals surface area contributed by atoms with E-state index in [2.05, 4.69) is 116 Å². The van der Waals surface area contributed by atoms with Crippen LogP contribution in [0.5, 0.6) is 0 Å². The summed E-state index contributed by atoms with van der Waals surface area (Å²) >= 11 is 4.76. The Bertz CT molecular complexity index is 896. The summed E-state index contributed by atoms with van der Waals surface area (Å²) in [4.78, 5) is 0. The van der Waals surface area contributed by atoms with Crippen molar-refractivity contribution in [1.29, 1.82) is 0 Å². The molecule has 0 amide bonds. The van der Waals surface area contributed by atoms with E-state index in [0.29, 0.717) is 0 Å². The van der Waals surface area contributed by atoms with Crippen molar-refractivity contribution in [1.82, 2.24) is 4.57 Å². The molecule has 3 heteroatoms. The summed E-state index contributed by atoms with van der Waals surface area (Å²) in [6.45, 7) is 0. The Kier molecular flexibility index (Phi) is 3.41. The highest BCUT2D eigenvalue weighted by Gasteiger charge is 2.12. The molecule has 0 N–H and O–H groups in total. The smallest absolute Gasteiger partial charge is 0.0541 e. The maximum atomic E-state index is 2.38. The standard InChI is InChI=1S/C18H11I2N/c19-12-6-8-17-15(10-12)16-11-13(20)7-9-18(16)21(17)14-4-2-1-3-5-14/h1-11H. The number of nitrogens with zero attached hydrogens (tertiary/aromatic N) is 1. The zero-order valence-electron chi connectivity index (χ0n) is 11.1. The normalized spacial score (nSPS) is 11.3. The molecule has 3 aromatic carbocycles. The van der Waals surface area contributed by atoms with Gasteiger partial charge >= 0.3 is 0 Å². The number of fused-ring (bicyclic) bond motifs is 3. The van der Waals surface area contributed by atoms with Gasteiger partial charge in [-0.2, -0.15) is 0 Å². The van der Waals surface area contributed by atoms with E-state index in [-0.39, 0.29) is 0 Å². The van der Waals surface area contributed by atoms with Gasteiger partial charge in [0.05, 0.1) is 11.0 Å². The summed E-state index contributed by atoms with van der Waals surface area (Å²) in [6, 6.07) is 23.9. The molecule has 0 aliphatic carbocycles. The van der Waals surface area contributed by atoms with Crippen LogP contribution in [0.2, 0.25) is 0 Å². The molecule has 0 atom stereocenters. The predicted octanol–water partition coefficient (Wildman–Crippen LogP) is 5.99. The van der Waals surface area contributed by atoms with E-state index in [4.69, 9.17) is 0 Å². The van der Waals surface area contributed by atoms with Gasteiger partial charge in [-0.1, -0.05) is 18.2 Å². The Morgan fingerprint density at radius 1 is 0.619 bits per heavy atom. The van der Waals surface area contributed by atoms with Crippen LogP contribution in [-0.2, 0) is 0 Å². The first-order valence-electron chi connectivity index (χ1n) is 6.69. The van der Waals surface area contributed by atoms with Crippen molar-refractivity contribution in [3.8, 4) is 5.69 Å². The van der Waals surface area contributed by atoms with Crippen molar-refractivity contribution in [3.05, 3.63) is 73.9 Å². The molecule has 0 unspecified atom stereocenters. The van der Waals surface area contributed by atoms with Crippen LogP contribution in [0.3, 0.4) is 0 Å². The number of hydrogen-bond donors (Lipinski definition) is 0. The summed E-state index contributed by atoms with van der Waals surface area (Å²) in [5.41, 5.74) is 3.73. The van der Waals surface area contributed by atoms with E-state index in [1.165, 1.54) is 34.6 Å². The summed E-state index contributed by atoms with van der Waals surface area (Å²) in [5.74, 6) is 0. The van der Waals surface area contributed by atoms with Gasteiger partial charge in [-0.3, -0.25) is 0 Å². The largest absolute Gasteiger partial charge is 0.309 e. The van der Waals surface area contributed by atoms with Crippen LogP contribution >= 0.6 is 45.2 Å². The second kappa shape index (κ2) is 5.28. The van der Waals surface area contributed by atoms with E-state index in [1.807, 2.05) is 0 Å². The highest BCUT2D eigenvalue weighted by Crippen LogP contribution is 2.33. The lowest BCUT2D eigenvalue weighted by Gasteiger charge is -2.07. The quantitative estimate of drug-likeness (QED) is 0.286. The van der Waals surface area contributed by atoms with Crippen LogP contribution in [0.4, 0.5) is 0 Å². The monoisotopic (exact) mass is 495 g/mol. The Morgan fingerprint density at radius 2 is 1.14 bits per heavy atom. The first-order valence-corrected chi connectivity index (χ1v) is 8.84. The first-order chi connectivity index (χ1) is 10.2. The SMILES string of the molecule is Ic1ccc2c(c1)c1cc(I)ccc1n2-c1ccccc1. The molecular weight excluding hydrogens is 484 g/mol. The van der Waals surface area contributed by atoms with E-state index < -0.39 is 0 Å². The van der Waals surface area contributed by atoms with E-state index in [1.54, 1.807) is 0 Å². The van der Waals surface area contributed by atoms with E-state index in [9.17, 15) is 0 Å². The van der Waals surface area contributed by atoms with Crippen molar-refractivity contribution in [3.63, 3.8) is 0 Å². The molecule has 0 bridgehead atoms. The van der Waals surface area contributed by atoms with E-state index >= 15 is 0 Å². The second-order valence-electron chi connectivity index (χ2n) is 4.99. The lowest BCUT2D eigenvalue weighted by Crippen LogP contribution is -1.92. The summed E-state index contributed by atoms with van der Waals surface area (Å²) in [7, 11) is 0. The van der Waals surface area contributed by atoms with Crippen molar-refractivity contribution in [2.45, 2.75) is 0 Å². The fourth-order valence-corrected chi connectivity index (χ4v) is 3.81. The molecular formula is C18H11I2N. The molecule has 1 heterocycles. The minimum absolute atomic E-state index is 1.21. The van der Waals surface area contributed by atoms with Crippen molar-refractivity contribution < 1.29 is 0 Å². The summed E-state index contributed by atoms with van der Waals surface area (Å²) < 4.78 is 4.88. The summed E-state index contributed by atoms with van der Waals surface area (Å²) in [6.07, 6.45) is 0. The average Bonchev–Trinajstić information content (AvgIpc) is 2.81. The molecule has 4 rings (SSSR count). The molecule has 0 aliphatic heterocycles. The zero-order chi connectivity index (χ0) is 14.4. The third-order valence-corrected chi connectivity index (χ3v) is 5.05. The van der Waals surface area contributed by atoms with Crippen molar-refractivity contribution in [2.24, 2.45) is 0 Å². The number of para-hydroxylation sites is 1. The molecule has 0 fully saturated rings. The van der Waals surface area contributed by atoms with Crippen LogP contribution in [-0.4, -0.2) is 4.57 Å². The van der Waals surface area contributed by atoms with Gasteiger partial charge in [0.1, 0.15) is 0 Å². The third kappa shape index (κ3) is 2.26. The number of aromatic nitrogens is 1. The number of halogens is 2. The van der Waals surface area contributed by atoms with Gasteiger partial charge in [0.15, 0.2) is 0 Å². The lowest BCUT2D eigenvalue weighted by molar-refractivity contribution is 1.18. The van der Waals surface area contributed by atoms with Crippen LogP contribution in [0.15, 0.2) is 66.7 Å². The van der Waals surface area contributed by atoms with Crippen LogP contribution < -0.4 is 0 Å². The molecule has 1 aromatic heterocycles. The van der Waals surface area contributed by atoms with Crippen LogP contribution in [0.25, 0.3) is 27.5 Å². The van der Waals surface area contributed by atoms with Crippen molar-refractivity contribution >= 4 is 67.0 Å². The lowest BCUT2D eigenvalue weighted by atomic mass is 10.2. The minimum atomic E-state index is 1.21. The predicted molar refractivity (Wildman–Crippen MR) is 106 cm³/mol.